The summed E-state index contributed by atoms with van der Waals surface area (Å²) in [5.41, 5.74) is 0.245. The maximum absolute atomic E-state index is 12.0. The van der Waals surface area contributed by atoms with Crippen LogP contribution in [-0.2, 0) is 9.53 Å². The molecule has 1 fully saturated rings. The molecule has 0 spiro atoms. The van der Waals surface area contributed by atoms with Gasteiger partial charge in [-0.1, -0.05) is 26.2 Å². The number of amides is 2. The number of cyclic esters (lactones) is 1. The Hall–Kier alpha value is -1.32. The molecule has 17 heavy (non-hydrogen) atoms. The van der Waals surface area contributed by atoms with Gasteiger partial charge in [0.1, 0.15) is 12.1 Å². The second-order valence-corrected chi connectivity index (χ2v) is 5.03. The Morgan fingerprint density at radius 1 is 1.35 bits per heavy atom. The highest BCUT2D eigenvalue weighted by Crippen LogP contribution is 2.35. The van der Waals surface area contributed by atoms with Crippen LogP contribution < -0.4 is 0 Å². The average molecular weight is 237 g/mol. The maximum atomic E-state index is 12.0. The van der Waals surface area contributed by atoms with Gasteiger partial charge in [-0.2, -0.15) is 0 Å². The molecule has 0 aliphatic carbocycles. The van der Waals surface area contributed by atoms with Gasteiger partial charge in [-0.05, 0) is 25.8 Å². The molecular weight excluding hydrogens is 218 g/mol. The summed E-state index contributed by atoms with van der Waals surface area (Å²) in [6.45, 7) is 4.32. The molecule has 2 heterocycles. The summed E-state index contributed by atoms with van der Waals surface area (Å²) >= 11 is 0. The first-order valence-corrected chi connectivity index (χ1v) is 6.31. The molecule has 1 saturated heterocycles. The molecule has 1 atom stereocenters. The van der Waals surface area contributed by atoms with Gasteiger partial charge in [-0.15, -0.1) is 0 Å². The molecule has 2 aliphatic rings. The predicted octanol–water partition coefficient (Wildman–Crippen LogP) is 2.63. The van der Waals surface area contributed by atoms with Crippen molar-refractivity contribution in [1.82, 2.24) is 4.90 Å². The Kier molecular flexibility index (Phi) is 3.22. The van der Waals surface area contributed by atoms with Crippen LogP contribution in [0.4, 0.5) is 4.79 Å². The predicted molar refractivity (Wildman–Crippen MR) is 63.4 cm³/mol. The van der Waals surface area contributed by atoms with E-state index in [1.807, 2.05) is 13.0 Å². The molecule has 0 saturated carbocycles. The van der Waals surface area contributed by atoms with Crippen molar-refractivity contribution in [3.63, 3.8) is 0 Å². The van der Waals surface area contributed by atoms with Crippen molar-refractivity contribution in [2.45, 2.75) is 51.5 Å². The first-order valence-electron chi connectivity index (χ1n) is 6.31. The highest BCUT2D eigenvalue weighted by atomic mass is 16.6. The third kappa shape index (κ3) is 2.08. The van der Waals surface area contributed by atoms with E-state index in [9.17, 15) is 9.59 Å². The maximum Gasteiger partial charge on any atom is 0.417 e. The van der Waals surface area contributed by atoms with Crippen LogP contribution in [-0.4, -0.2) is 29.0 Å². The second kappa shape index (κ2) is 4.51. The lowest BCUT2D eigenvalue weighted by Crippen LogP contribution is -2.42. The minimum absolute atomic E-state index is 0.161. The van der Waals surface area contributed by atoms with E-state index in [1.54, 1.807) is 0 Å². The van der Waals surface area contributed by atoms with Gasteiger partial charge < -0.3 is 4.74 Å². The zero-order valence-electron chi connectivity index (χ0n) is 10.5. The van der Waals surface area contributed by atoms with Crippen molar-refractivity contribution in [2.75, 3.05) is 6.61 Å². The summed E-state index contributed by atoms with van der Waals surface area (Å²) in [6.07, 6.45) is 6.72. The summed E-state index contributed by atoms with van der Waals surface area (Å²) in [6, 6.07) is 0. The average Bonchev–Trinajstić information content (AvgIpc) is 2.71. The van der Waals surface area contributed by atoms with Crippen LogP contribution in [0, 0.1) is 0 Å². The number of unbranched alkanes of at least 4 members (excludes halogenated alkanes) is 3. The zero-order valence-corrected chi connectivity index (χ0v) is 10.5. The molecule has 1 unspecified atom stereocenters. The summed E-state index contributed by atoms with van der Waals surface area (Å²) in [7, 11) is 0. The molecule has 2 amide bonds. The van der Waals surface area contributed by atoms with Crippen molar-refractivity contribution >= 4 is 12.0 Å². The zero-order chi connectivity index (χ0) is 12.5. The topological polar surface area (TPSA) is 46.6 Å². The monoisotopic (exact) mass is 237 g/mol. The van der Waals surface area contributed by atoms with E-state index in [2.05, 4.69) is 6.92 Å². The van der Waals surface area contributed by atoms with E-state index in [4.69, 9.17) is 4.74 Å². The second-order valence-electron chi connectivity index (χ2n) is 5.03. The first kappa shape index (κ1) is 12.1. The standard InChI is InChI=1S/C13H19NO3/c1-3-4-5-6-7-10-8-13(2)9-17-12(16)14(13)11(10)15/h8H,3-7,9H2,1-2H3. The van der Waals surface area contributed by atoms with E-state index in [1.165, 1.54) is 17.7 Å². The SMILES string of the molecule is CCCCCCC1=CC2(C)COC(=O)N2C1=O. The van der Waals surface area contributed by atoms with Crippen LogP contribution in [0.2, 0.25) is 0 Å². The van der Waals surface area contributed by atoms with E-state index in [0.717, 1.165) is 24.8 Å². The number of carbonyl (C=O) groups is 2. The number of fused-ring (bicyclic) bond motifs is 1. The molecule has 2 rings (SSSR count). The lowest BCUT2D eigenvalue weighted by atomic mass is 10.0. The Bertz CT molecular complexity index is 375. The third-order valence-electron chi connectivity index (χ3n) is 3.44. The molecule has 0 aromatic rings. The quantitative estimate of drug-likeness (QED) is 0.690. The summed E-state index contributed by atoms with van der Waals surface area (Å²) in [5.74, 6) is -0.161. The van der Waals surface area contributed by atoms with E-state index in [-0.39, 0.29) is 12.5 Å². The van der Waals surface area contributed by atoms with Crippen molar-refractivity contribution in [1.29, 1.82) is 0 Å². The summed E-state index contributed by atoms with van der Waals surface area (Å²) in [5, 5.41) is 0. The molecule has 0 bridgehead atoms. The number of hydrogen-bond donors (Lipinski definition) is 0. The van der Waals surface area contributed by atoms with Crippen LogP contribution in [0.1, 0.15) is 46.0 Å². The number of nitrogens with zero attached hydrogens (tertiary/aromatic N) is 1. The largest absolute Gasteiger partial charge is 0.446 e. The number of imide groups is 1. The van der Waals surface area contributed by atoms with E-state index >= 15 is 0 Å². The smallest absolute Gasteiger partial charge is 0.417 e. The van der Waals surface area contributed by atoms with Gasteiger partial charge in [-0.25, -0.2) is 9.69 Å². The van der Waals surface area contributed by atoms with Crippen LogP contribution in [0.5, 0.6) is 0 Å². The van der Waals surface area contributed by atoms with Crippen LogP contribution in [0.15, 0.2) is 11.6 Å². The molecule has 0 aromatic heterocycles. The van der Waals surface area contributed by atoms with Crippen LogP contribution >= 0.6 is 0 Å². The van der Waals surface area contributed by atoms with Gasteiger partial charge in [0.2, 0.25) is 0 Å². The number of rotatable bonds is 5. The fourth-order valence-corrected chi connectivity index (χ4v) is 2.47. The minimum atomic E-state index is -0.533. The van der Waals surface area contributed by atoms with Gasteiger partial charge in [0.25, 0.3) is 5.91 Å². The molecule has 0 radical (unpaired) electrons. The Morgan fingerprint density at radius 2 is 2.12 bits per heavy atom. The van der Waals surface area contributed by atoms with Gasteiger partial charge in [-0.3, -0.25) is 4.79 Å². The van der Waals surface area contributed by atoms with Crippen molar-refractivity contribution < 1.29 is 14.3 Å². The van der Waals surface area contributed by atoms with Gasteiger partial charge in [0, 0.05) is 5.57 Å². The molecule has 4 nitrogen and oxygen atoms in total. The fourth-order valence-electron chi connectivity index (χ4n) is 2.47. The van der Waals surface area contributed by atoms with E-state index in [0.29, 0.717) is 0 Å². The number of ether oxygens (including phenoxy) is 1. The molecule has 2 aliphatic heterocycles. The van der Waals surface area contributed by atoms with Crippen molar-refractivity contribution in [3.05, 3.63) is 11.6 Å². The highest BCUT2D eigenvalue weighted by molar-refractivity contribution is 6.07. The normalized spacial score (nSPS) is 27.2. The minimum Gasteiger partial charge on any atom is -0.446 e. The lowest BCUT2D eigenvalue weighted by Gasteiger charge is -2.19. The Labute approximate surface area is 102 Å². The molecule has 0 aromatic carbocycles. The third-order valence-corrected chi connectivity index (χ3v) is 3.44. The van der Waals surface area contributed by atoms with Crippen LogP contribution in [0.3, 0.4) is 0 Å². The van der Waals surface area contributed by atoms with Crippen molar-refractivity contribution in [3.8, 4) is 0 Å². The Morgan fingerprint density at radius 3 is 2.76 bits per heavy atom. The van der Waals surface area contributed by atoms with Gasteiger partial charge in [0.05, 0.1) is 0 Å². The summed E-state index contributed by atoms with van der Waals surface area (Å²) < 4.78 is 4.91. The molecule has 0 N–H and O–H groups in total. The summed E-state index contributed by atoms with van der Waals surface area (Å²) in [4.78, 5) is 24.7. The van der Waals surface area contributed by atoms with Crippen LogP contribution in [0.25, 0.3) is 0 Å². The highest BCUT2D eigenvalue weighted by Gasteiger charge is 2.51. The molecular formula is C13H19NO3. The molecule has 4 heteroatoms. The van der Waals surface area contributed by atoms with Crippen molar-refractivity contribution in [2.24, 2.45) is 0 Å². The molecule has 94 valence electrons. The Balaban J connectivity index is 1.98. The first-order chi connectivity index (χ1) is 8.08. The van der Waals surface area contributed by atoms with Gasteiger partial charge in [0.15, 0.2) is 0 Å². The number of carbonyl (C=O) groups excluding carboxylic acids is 2. The fraction of sp³-hybridized carbons (Fsp3) is 0.692. The lowest BCUT2D eigenvalue weighted by molar-refractivity contribution is -0.124. The van der Waals surface area contributed by atoms with Gasteiger partial charge >= 0.3 is 6.09 Å². The van der Waals surface area contributed by atoms with E-state index < -0.39 is 11.6 Å². The number of hydrogen-bond acceptors (Lipinski definition) is 3.